The van der Waals surface area contributed by atoms with E-state index in [9.17, 15) is 0 Å². The Balaban J connectivity index is 2.57. The van der Waals surface area contributed by atoms with E-state index in [0.717, 1.165) is 13.0 Å². The molecule has 0 aromatic carbocycles. The van der Waals surface area contributed by atoms with Crippen LogP contribution in [0.15, 0.2) is 48.2 Å². The van der Waals surface area contributed by atoms with Crippen LogP contribution in [0.25, 0.3) is 0 Å². The van der Waals surface area contributed by atoms with E-state index in [-0.39, 0.29) is 0 Å². The summed E-state index contributed by atoms with van der Waals surface area (Å²) in [4.78, 5) is 0. The minimum atomic E-state index is 0.416. The zero-order valence-corrected chi connectivity index (χ0v) is 9.79. The highest BCUT2D eigenvalue weighted by Crippen LogP contribution is 2.33. The number of hydrogen-bond donors (Lipinski definition) is 0. The molecule has 15 heavy (non-hydrogen) atoms. The van der Waals surface area contributed by atoms with Gasteiger partial charge in [-0.05, 0) is 37.5 Å². The monoisotopic (exact) mass is 202 g/mol. The maximum absolute atomic E-state index is 4.13. The third-order valence-electron chi connectivity index (χ3n) is 2.66. The molecule has 0 N–H and O–H groups in total. The molecule has 0 aromatic rings. The number of allylic oxidation sites excluding steroid dienone is 4. The Hall–Kier alpha value is -1.37. The average Bonchev–Trinajstić information content (AvgIpc) is 2.45. The quantitative estimate of drug-likeness (QED) is 0.374. The summed E-state index contributed by atoms with van der Waals surface area (Å²) in [6, 6.07) is 0. The molecule has 80 valence electrons. The van der Waals surface area contributed by atoms with E-state index < -0.39 is 0 Å². The molecular formula is C14H20N+. The fourth-order valence-corrected chi connectivity index (χ4v) is 1.97. The Labute approximate surface area is 92.8 Å². The predicted molar refractivity (Wildman–Crippen MR) is 67.2 cm³/mol. The van der Waals surface area contributed by atoms with Gasteiger partial charge in [0.2, 0.25) is 0 Å². The standard InChI is InChI=1S/C14H20N/c1-6-7-15(5)10-13(4)14-9-11(2)8-12(14)3/h6-8,14H,3-5,9-10H2,1-2H3/q+1. The van der Waals surface area contributed by atoms with Gasteiger partial charge in [-0.15, -0.1) is 0 Å². The predicted octanol–water partition coefficient (Wildman–Crippen LogP) is 3.31. The highest BCUT2D eigenvalue weighted by Gasteiger charge is 2.22. The van der Waals surface area contributed by atoms with Gasteiger partial charge in [0.05, 0.1) is 0 Å². The first kappa shape index (κ1) is 11.7. The molecule has 1 rings (SSSR count). The van der Waals surface area contributed by atoms with E-state index in [0.29, 0.717) is 5.92 Å². The molecule has 1 nitrogen and oxygen atoms in total. The second kappa shape index (κ2) is 4.92. The van der Waals surface area contributed by atoms with Crippen LogP contribution in [0.2, 0.25) is 0 Å². The summed E-state index contributed by atoms with van der Waals surface area (Å²) in [6.45, 7) is 17.1. The van der Waals surface area contributed by atoms with Gasteiger partial charge in [0.1, 0.15) is 6.72 Å². The third kappa shape index (κ3) is 3.05. The molecule has 1 heteroatoms. The van der Waals surface area contributed by atoms with Crippen molar-refractivity contribution in [2.45, 2.75) is 20.3 Å². The second-order valence-corrected chi connectivity index (χ2v) is 4.21. The molecule has 0 spiro atoms. The summed E-state index contributed by atoms with van der Waals surface area (Å²) in [5, 5.41) is 0. The molecule has 1 aliphatic rings. The van der Waals surface area contributed by atoms with Crippen molar-refractivity contribution in [1.29, 1.82) is 0 Å². The van der Waals surface area contributed by atoms with Gasteiger partial charge in [-0.3, -0.25) is 0 Å². The maximum Gasteiger partial charge on any atom is 0.169 e. The zero-order valence-electron chi connectivity index (χ0n) is 9.79. The molecule has 0 heterocycles. The van der Waals surface area contributed by atoms with Gasteiger partial charge in [-0.2, -0.15) is 0 Å². The summed E-state index contributed by atoms with van der Waals surface area (Å²) >= 11 is 0. The molecule has 0 fully saturated rings. The Bertz CT molecular complexity index is 356. The maximum atomic E-state index is 4.13. The smallest absolute Gasteiger partial charge is 0.169 e. The first-order valence-electron chi connectivity index (χ1n) is 5.28. The summed E-state index contributed by atoms with van der Waals surface area (Å²) in [7, 11) is 0. The van der Waals surface area contributed by atoms with Gasteiger partial charge in [-0.1, -0.05) is 24.8 Å². The number of nitrogens with zero attached hydrogens (tertiary/aromatic N) is 1. The average molecular weight is 202 g/mol. The lowest BCUT2D eigenvalue weighted by atomic mass is 9.94. The molecule has 1 atom stereocenters. The highest BCUT2D eigenvalue weighted by atomic mass is 14.9. The van der Waals surface area contributed by atoms with Gasteiger partial charge in [0.15, 0.2) is 12.7 Å². The first-order chi connectivity index (χ1) is 7.04. The van der Waals surface area contributed by atoms with Crippen LogP contribution in [0, 0.1) is 5.92 Å². The van der Waals surface area contributed by atoms with E-state index in [4.69, 9.17) is 0 Å². The van der Waals surface area contributed by atoms with Gasteiger partial charge in [-0.25, -0.2) is 4.58 Å². The number of rotatable bonds is 4. The van der Waals surface area contributed by atoms with Crippen LogP contribution < -0.4 is 0 Å². The Morgan fingerprint density at radius 3 is 2.80 bits per heavy atom. The molecule has 0 amide bonds. The minimum absolute atomic E-state index is 0.416. The third-order valence-corrected chi connectivity index (χ3v) is 2.66. The molecular weight excluding hydrogens is 182 g/mol. The van der Waals surface area contributed by atoms with Crippen molar-refractivity contribution in [2.24, 2.45) is 5.92 Å². The molecule has 0 saturated heterocycles. The lowest BCUT2D eigenvalue weighted by Gasteiger charge is -2.12. The van der Waals surface area contributed by atoms with Crippen molar-refractivity contribution < 1.29 is 4.58 Å². The van der Waals surface area contributed by atoms with Crippen molar-refractivity contribution >= 4 is 6.72 Å². The van der Waals surface area contributed by atoms with Crippen molar-refractivity contribution in [3.8, 4) is 0 Å². The van der Waals surface area contributed by atoms with Crippen molar-refractivity contribution in [2.75, 3.05) is 6.54 Å². The Kier molecular flexibility index (Phi) is 3.84. The van der Waals surface area contributed by atoms with E-state index in [1.807, 2.05) is 23.8 Å². The Morgan fingerprint density at radius 1 is 1.67 bits per heavy atom. The topological polar surface area (TPSA) is 3.01 Å². The van der Waals surface area contributed by atoms with Gasteiger partial charge in [0.25, 0.3) is 0 Å². The fraction of sp³-hybridized carbons (Fsp3) is 0.357. The van der Waals surface area contributed by atoms with E-state index in [1.54, 1.807) is 0 Å². The van der Waals surface area contributed by atoms with E-state index >= 15 is 0 Å². The van der Waals surface area contributed by atoms with Crippen LogP contribution in [0.3, 0.4) is 0 Å². The van der Waals surface area contributed by atoms with Crippen molar-refractivity contribution in [3.63, 3.8) is 0 Å². The van der Waals surface area contributed by atoms with Gasteiger partial charge < -0.3 is 0 Å². The molecule has 0 bridgehead atoms. The zero-order chi connectivity index (χ0) is 11.4. The molecule has 0 aromatic heterocycles. The van der Waals surface area contributed by atoms with Crippen LogP contribution in [-0.2, 0) is 0 Å². The van der Waals surface area contributed by atoms with Gasteiger partial charge >= 0.3 is 0 Å². The van der Waals surface area contributed by atoms with Gasteiger partial charge in [0, 0.05) is 5.92 Å². The summed E-state index contributed by atoms with van der Waals surface area (Å²) in [5.41, 5.74) is 3.78. The largest absolute Gasteiger partial charge is 0.208 e. The van der Waals surface area contributed by atoms with E-state index in [1.165, 1.54) is 16.7 Å². The van der Waals surface area contributed by atoms with Crippen LogP contribution in [-0.4, -0.2) is 17.8 Å². The lowest BCUT2D eigenvalue weighted by Crippen LogP contribution is -2.12. The van der Waals surface area contributed by atoms with Crippen LogP contribution >= 0.6 is 0 Å². The summed E-state index contributed by atoms with van der Waals surface area (Å²) in [6.07, 6.45) is 7.18. The summed E-state index contributed by atoms with van der Waals surface area (Å²) < 4.78 is 1.91. The molecule has 1 aliphatic carbocycles. The van der Waals surface area contributed by atoms with Crippen molar-refractivity contribution in [3.05, 3.63) is 48.2 Å². The highest BCUT2D eigenvalue weighted by molar-refractivity contribution is 5.36. The number of hydrogen-bond acceptors (Lipinski definition) is 0. The molecule has 0 saturated carbocycles. The lowest BCUT2D eigenvalue weighted by molar-refractivity contribution is -0.439. The summed E-state index contributed by atoms with van der Waals surface area (Å²) in [5.74, 6) is 0.416. The second-order valence-electron chi connectivity index (χ2n) is 4.21. The molecule has 0 aliphatic heterocycles. The Morgan fingerprint density at radius 2 is 2.33 bits per heavy atom. The SMILES string of the molecule is C=C1C=C(C)CC1C(=C)C[N+](=C)C=CC. The molecule has 1 unspecified atom stereocenters. The minimum Gasteiger partial charge on any atom is -0.208 e. The van der Waals surface area contributed by atoms with Crippen LogP contribution in [0.5, 0.6) is 0 Å². The van der Waals surface area contributed by atoms with Crippen molar-refractivity contribution in [1.82, 2.24) is 0 Å². The first-order valence-corrected chi connectivity index (χ1v) is 5.28. The fourth-order valence-electron chi connectivity index (χ4n) is 1.97. The van der Waals surface area contributed by atoms with Crippen LogP contribution in [0.4, 0.5) is 0 Å². The normalized spacial score (nSPS) is 20.8. The van der Waals surface area contributed by atoms with E-state index in [2.05, 4.69) is 32.9 Å². The molecule has 0 radical (unpaired) electrons. The van der Waals surface area contributed by atoms with Crippen LogP contribution in [0.1, 0.15) is 20.3 Å².